The molecule has 1 aliphatic carbocycles. The predicted molar refractivity (Wildman–Crippen MR) is 82.3 cm³/mol. The van der Waals surface area contributed by atoms with Crippen molar-refractivity contribution in [3.05, 3.63) is 30.3 Å². The molecule has 1 aromatic carbocycles. The van der Waals surface area contributed by atoms with E-state index in [4.69, 9.17) is 0 Å². The Balaban J connectivity index is 1.75. The molecule has 1 aliphatic heterocycles. The van der Waals surface area contributed by atoms with E-state index in [1.54, 1.807) is 30.3 Å². The fraction of sp³-hybridized carbons (Fsp3) is 0.500. The Labute approximate surface area is 129 Å². The fourth-order valence-electron chi connectivity index (χ4n) is 2.28. The highest BCUT2D eigenvalue weighted by atomic mass is 32.2. The monoisotopic (exact) mass is 326 g/mol. The van der Waals surface area contributed by atoms with E-state index in [-0.39, 0.29) is 10.8 Å². The first-order valence-corrected chi connectivity index (χ1v) is 9.61. The van der Waals surface area contributed by atoms with Crippen LogP contribution in [-0.4, -0.2) is 42.8 Å². The van der Waals surface area contributed by atoms with Gasteiger partial charge in [0.15, 0.2) is 0 Å². The third kappa shape index (κ3) is 3.25. The van der Waals surface area contributed by atoms with Gasteiger partial charge in [0, 0.05) is 12.3 Å². The minimum Gasteiger partial charge on any atom is -0.354 e. The first-order chi connectivity index (χ1) is 10.1. The van der Waals surface area contributed by atoms with Gasteiger partial charge in [-0.15, -0.1) is 11.8 Å². The Kier molecular flexibility index (Phi) is 4.24. The van der Waals surface area contributed by atoms with Crippen LogP contribution < -0.4 is 5.32 Å². The number of hydrogen-bond acceptors (Lipinski definition) is 4. The number of sulfonamides is 1. The van der Waals surface area contributed by atoms with Gasteiger partial charge in [-0.05, 0) is 30.9 Å². The molecule has 1 aromatic rings. The largest absolute Gasteiger partial charge is 0.354 e. The maximum absolute atomic E-state index is 12.6. The molecule has 1 saturated heterocycles. The van der Waals surface area contributed by atoms with Crippen LogP contribution in [0, 0.1) is 5.92 Å². The van der Waals surface area contributed by atoms with E-state index in [1.807, 2.05) is 0 Å². The highest BCUT2D eigenvalue weighted by Gasteiger charge is 2.40. The molecule has 2 fully saturated rings. The van der Waals surface area contributed by atoms with E-state index >= 15 is 0 Å². The minimum absolute atomic E-state index is 0.175. The number of thioether (sulfide) groups is 1. The zero-order valence-corrected chi connectivity index (χ0v) is 13.2. The number of nitrogens with one attached hydrogen (secondary N) is 1. The summed E-state index contributed by atoms with van der Waals surface area (Å²) in [4.78, 5) is 12.5. The van der Waals surface area contributed by atoms with Gasteiger partial charge in [-0.3, -0.25) is 4.79 Å². The summed E-state index contributed by atoms with van der Waals surface area (Å²) in [6, 6.07) is 7.70. The molecule has 5 nitrogen and oxygen atoms in total. The number of nitrogens with zero attached hydrogens (tertiary/aromatic N) is 1. The second kappa shape index (κ2) is 5.98. The van der Waals surface area contributed by atoms with Crippen LogP contribution in [0.1, 0.15) is 12.8 Å². The standard InChI is InChI=1S/C14H18N2O3S2/c17-14(15-8-11-6-7-11)13-9-20-10-16(13)21(18,19)12-4-2-1-3-5-12/h1-5,11,13H,6-10H2,(H,15,17)/t13-/m1/s1. The lowest BCUT2D eigenvalue weighted by Gasteiger charge is -2.22. The van der Waals surface area contributed by atoms with Crippen LogP contribution in [0.5, 0.6) is 0 Å². The molecule has 1 saturated carbocycles. The van der Waals surface area contributed by atoms with Crippen molar-refractivity contribution in [2.45, 2.75) is 23.8 Å². The molecule has 2 aliphatic rings. The Bertz CT molecular complexity index is 614. The van der Waals surface area contributed by atoms with E-state index in [0.717, 1.165) is 12.8 Å². The summed E-state index contributed by atoms with van der Waals surface area (Å²) in [7, 11) is -3.60. The van der Waals surface area contributed by atoms with Crippen molar-refractivity contribution >= 4 is 27.7 Å². The molecule has 7 heteroatoms. The average Bonchev–Trinajstić information content (AvgIpc) is 3.19. The number of carbonyl (C=O) groups is 1. The number of rotatable bonds is 5. The van der Waals surface area contributed by atoms with Gasteiger partial charge in [0.1, 0.15) is 6.04 Å². The lowest BCUT2D eigenvalue weighted by Crippen LogP contribution is -2.47. The van der Waals surface area contributed by atoms with Crippen molar-refractivity contribution in [1.82, 2.24) is 9.62 Å². The van der Waals surface area contributed by atoms with Gasteiger partial charge in [-0.1, -0.05) is 18.2 Å². The minimum atomic E-state index is -3.60. The number of hydrogen-bond donors (Lipinski definition) is 1. The summed E-state index contributed by atoms with van der Waals surface area (Å²) < 4.78 is 26.6. The number of amides is 1. The fourth-order valence-corrected chi connectivity index (χ4v) is 5.45. The zero-order valence-electron chi connectivity index (χ0n) is 11.6. The van der Waals surface area contributed by atoms with Gasteiger partial charge in [-0.25, -0.2) is 8.42 Å². The van der Waals surface area contributed by atoms with Crippen LogP contribution in [0.15, 0.2) is 35.2 Å². The SMILES string of the molecule is O=C(NCC1CC1)[C@H]1CSCN1S(=O)(=O)c1ccccc1. The van der Waals surface area contributed by atoms with Gasteiger partial charge < -0.3 is 5.32 Å². The normalized spacial score (nSPS) is 23.1. The lowest BCUT2D eigenvalue weighted by molar-refractivity contribution is -0.123. The van der Waals surface area contributed by atoms with E-state index in [2.05, 4.69) is 5.32 Å². The summed E-state index contributed by atoms with van der Waals surface area (Å²) in [5, 5.41) is 2.88. The quantitative estimate of drug-likeness (QED) is 0.885. The van der Waals surface area contributed by atoms with Crippen LogP contribution in [-0.2, 0) is 14.8 Å². The van der Waals surface area contributed by atoms with E-state index in [0.29, 0.717) is 24.1 Å². The summed E-state index contributed by atoms with van der Waals surface area (Å²) in [5.74, 6) is 1.26. The molecule has 1 heterocycles. The van der Waals surface area contributed by atoms with Gasteiger partial charge in [0.2, 0.25) is 15.9 Å². The molecule has 1 amide bonds. The molecule has 114 valence electrons. The van der Waals surface area contributed by atoms with Crippen molar-refractivity contribution in [3.8, 4) is 0 Å². The van der Waals surface area contributed by atoms with Gasteiger partial charge in [0.25, 0.3) is 0 Å². The van der Waals surface area contributed by atoms with Crippen LogP contribution in [0.4, 0.5) is 0 Å². The number of carbonyl (C=O) groups excluding carboxylic acids is 1. The molecule has 21 heavy (non-hydrogen) atoms. The first-order valence-electron chi connectivity index (χ1n) is 7.01. The first kappa shape index (κ1) is 14.9. The molecule has 3 rings (SSSR count). The van der Waals surface area contributed by atoms with E-state index in [9.17, 15) is 13.2 Å². The highest BCUT2D eigenvalue weighted by molar-refractivity contribution is 8.00. The Hall–Kier alpha value is -1.05. The van der Waals surface area contributed by atoms with Crippen molar-refractivity contribution in [1.29, 1.82) is 0 Å². The Morgan fingerprint density at radius 2 is 2.00 bits per heavy atom. The van der Waals surface area contributed by atoms with Gasteiger partial charge >= 0.3 is 0 Å². The second-order valence-corrected chi connectivity index (χ2v) is 8.30. The van der Waals surface area contributed by atoms with Crippen molar-refractivity contribution in [2.24, 2.45) is 5.92 Å². The summed E-state index contributed by atoms with van der Waals surface area (Å²) in [5.41, 5.74) is 0. The zero-order chi connectivity index (χ0) is 14.9. The maximum atomic E-state index is 12.6. The third-order valence-corrected chi connectivity index (χ3v) is 6.80. The Morgan fingerprint density at radius 3 is 2.67 bits per heavy atom. The average molecular weight is 326 g/mol. The van der Waals surface area contributed by atoms with Crippen molar-refractivity contribution in [2.75, 3.05) is 18.2 Å². The molecule has 0 aromatic heterocycles. The molecular formula is C14H18N2O3S2. The van der Waals surface area contributed by atoms with Crippen molar-refractivity contribution in [3.63, 3.8) is 0 Å². The molecular weight excluding hydrogens is 308 g/mol. The topological polar surface area (TPSA) is 66.5 Å². The Morgan fingerprint density at radius 1 is 1.29 bits per heavy atom. The van der Waals surface area contributed by atoms with Crippen LogP contribution >= 0.6 is 11.8 Å². The van der Waals surface area contributed by atoms with Crippen LogP contribution in [0.2, 0.25) is 0 Å². The van der Waals surface area contributed by atoms with Gasteiger partial charge in [-0.2, -0.15) is 4.31 Å². The van der Waals surface area contributed by atoms with Crippen LogP contribution in [0.3, 0.4) is 0 Å². The molecule has 0 spiro atoms. The van der Waals surface area contributed by atoms with Gasteiger partial charge in [0.05, 0.1) is 10.8 Å². The summed E-state index contributed by atoms with van der Waals surface area (Å²) in [6.45, 7) is 0.666. The second-order valence-electron chi connectivity index (χ2n) is 5.41. The molecule has 1 N–H and O–H groups in total. The molecule has 1 atom stereocenters. The number of benzene rings is 1. The van der Waals surface area contributed by atoms with E-state index < -0.39 is 16.1 Å². The van der Waals surface area contributed by atoms with E-state index in [1.165, 1.54) is 16.1 Å². The van der Waals surface area contributed by atoms with Crippen LogP contribution in [0.25, 0.3) is 0 Å². The molecule has 0 radical (unpaired) electrons. The molecule has 0 unspecified atom stereocenters. The summed E-state index contributed by atoms with van der Waals surface area (Å²) in [6.07, 6.45) is 2.32. The van der Waals surface area contributed by atoms with Crippen molar-refractivity contribution < 1.29 is 13.2 Å². The highest BCUT2D eigenvalue weighted by Crippen LogP contribution is 2.30. The summed E-state index contributed by atoms with van der Waals surface area (Å²) >= 11 is 1.48. The smallest absolute Gasteiger partial charge is 0.244 e. The molecule has 0 bridgehead atoms. The third-order valence-electron chi connectivity index (χ3n) is 3.76. The lowest BCUT2D eigenvalue weighted by atomic mass is 10.3. The predicted octanol–water partition coefficient (Wildman–Crippen LogP) is 1.28. The maximum Gasteiger partial charge on any atom is 0.244 e.